The molecular weight excluding hydrogens is 307 g/mol. The highest BCUT2D eigenvalue weighted by Gasteiger charge is 2.39. The van der Waals surface area contributed by atoms with E-state index >= 15 is 0 Å². The molecule has 1 fully saturated rings. The van der Waals surface area contributed by atoms with E-state index in [0.717, 1.165) is 23.4 Å². The van der Waals surface area contributed by atoms with Crippen molar-refractivity contribution in [2.24, 2.45) is 0 Å². The summed E-state index contributed by atoms with van der Waals surface area (Å²) in [5.41, 5.74) is -1.27. The number of rotatable bonds is 3. The molecule has 1 aromatic rings. The van der Waals surface area contributed by atoms with Crippen LogP contribution < -0.4 is 0 Å². The summed E-state index contributed by atoms with van der Waals surface area (Å²) in [7, 11) is -4.04. The highest BCUT2D eigenvalue weighted by Crippen LogP contribution is 2.36. The summed E-state index contributed by atoms with van der Waals surface area (Å²) in [6.45, 7) is 1.03. The maximum Gasteiger partial charge on any atom is 0.416 e. The van der Waals surface area contributed by atoms with Crippen molar-refractivity contribution < 1.29 is 26.7 Å². The molecule has 0 bridgehead atoms. The molecule has 8 heteroatoms. The average Bonchev–Trinajstić information content (AvgIpc) is 2.86. The van der Waals surface area contributed by atoms with Gasteiger partial charge in [0.05, 0.1) is 17.1 Å². The van der Waals surface area contributed by atoms with E-state index in [9.17, 15) is 26.7 Å². The van der Waals surface area contributed by atoms with Crippen molar-refractivity contribution in [3.8, 4) is 0 Å². The number of sulfonamides is 1. The lowest BCUT2D eigenvalue weighted by atomic mass is 10.1. The Balaban J connectivity index is 2.51. The highest BCUT2D eigenvalue weighted by molar-refractivity contribution is 7.89. The molecule has 1 heterocycles. The van der Waals surface area contributed by atoms with E-state index in [-0.39, 0.29) is 23.6 Å². The van der Waals surface area contributed by atoms with Crippen LogP contribution in [0.1, 0.15) is 24.0 Å². The Kier molecular flexibility index (Phi) is 4.32. The number of alkyl halides is 3. The summed E-state index contributed by atoms with van der Waals surface area (Å²) in [4.78, 5) is -0.349. The van der Waals surface area contributed by atoms with E-state index in [1.54, 1.807) is 0 Å². The summed E-state index contributed by atoms with van der Waals surface area (Å²) in [6.07, 6.45) is -3.51. The lowest BCUT2D eigenvalue weighted by Crippen LogP contribution is -2.38. The molecule has 1 aliphatic heterocycles. The zero-order valence-electron chi connectivity index (χ0n) is 11.4. The first kappa shape index (κ1) is 16.3. The molecule has 1 atom stereocenters. The first-order valence-electron chi connectivity index (χ1n) is 6.49. The summed E-state index contributed by atoms with van der Waals surface area (Å²) in [5.74, 6) is 0. The maximum atomic E-state index is 12.9. The predicted octanol–water partition coefficient (Wildman–Crippen LogP) is 2.16. The van der Waals surface area contributed by atoms with E-state index in [4.69, 9.17) is 0 Å². The number of nitrogens with zero attached hydrogens (tertiary/aromatic N) is 1. The number of benzene rings is 1. The van der Waals surface area contributed by atoms with Crippen LogP contribution in [-0.2, 0) is 16.2 Å². The minimum atomic E-state index is -4.60. The zero-order valence-corrected chi connectivity index (χ0v) is 12.2. The molecule has 2 rings (SSSR count). The van der Waals surface area contributed by atoms with Crippen molar-refractivity contribution in [2.75, 3.05) is 13.2 Å². The fourth-order valence-electron chi connectivity index (χ4n) is 2.64. The van der Waals surface area contributed by atoms with Crippen LogP contribution in [-0.4, -0.2) is 37.0 Å². The van der Waals surface area contributed by atoms with E-state index in [1.807, 2.05) is 0 Å². The molecule has 4 nitrogen and oxygen atoms in total. The van der Waals surface area contributed by atoms with Gasteiger partial charge in [-0.1, -0.05) is 6.07 Å². The van der Waals surface area contributed by atoms with Gasteiger partial charge in [-0.3, -0.25) is 0 Å². The van der Waals surface area contributed by atoms with Crippen molar-refractivity contribution in [3.05, 3.63) is 29.3 Å². The van der Waals surface area contributed by atoms with Gasteiger partial charge >= 0.3 is 6.18 Å². The van der Waals surface area contributed by atoms with Crippen LogP contribution in [0.4, 0.5) is 13.2 Å². The number of hydrogen-bond acceptors (Lipinski definition) is 3. The molecule has 1 unspecified atom stereocenters. The molecule has 1 saturated heterocycles. The van der Waals surface area contributed by atoms with Crippen LogP contribution in [0.5, 0.6) is 0 Å². The van der Waals surface area contributed by atoms with Crippen molar-refractivity contribution in [1.29, 1.82) is 0 Å². The van der Waals surface area contributed by atoms with E-state index < -0.39 is 27.8 Å². The van der Waals surface area contributed by atoms with Gasteiger partial charge in [-0.2, -0.15) is 17.5 Å². The van der Waals surface area contributed by atoms with Gasteiger partial charge in [0, 0.05) is 12.6 Å². The van der Waals surface area contributed by atoms with Gasteiger partial charge in [0.25, 0.3) is 0 Å². The van der Waals surface area contributed by atoms with E-state index in [0.29, 0.717) is 12.8 Å². The molecule has 1 aromatic carbocycles. The fourth-order valence-corrected chi connectivity index (χ4v) is 4.57. The third-order valence-corrected chi connectivity index (χ3v) is 5.81. The molecule has 1 aliphatic rings. The van der Waals surface area contributed by atoms with Crippen LogP contribution >= 0.6 is 0 Å². The minimum Gasteiger partial charge on any atom is -0.395 e. The number of aliphatic hydroxyl groups excluding tert-OH is 1. The van der Waals surface area contributed by atoms with Crippen molar-refractivity contribution in [3.63, 3.8) is 0 Å². The zero-order chi connectivity index (χ0) is 15.8. The third kappa shape index (κ3) is 2.93. The Morgan fingerprint density at radius 3 is 2.62 bits per heavy atom. The second-order valence-corrected chi connectivity index (χ2v) is 6.88. The summed E-state index contributed by atoms with van der Waals surface area (Å²) in [5, 5.41) is 9.21. The van der Waals surface area contributed by atoms with Crippen LogP contribution in [0.15, 0.2) is 23.1 Å². The normalized spacial score (nSPS) is 20.9. The van der Waals surface area contributed by atoms with Gasteiger partial charge < -0.3 is 5.11 Å². The molecular formula is C13H16F3NO3S. The Morgan fingerprint density at radius 1 is 1.38 bits per heavy atom. The predicted molar refractivity (Wildman–Crippen MR) is 70.2 cm³/mol. The molecule has 0 radical (unpaired) electrons. The second-order valence-electron chi connectivity index (χ2n) is 5.02. The smallest absolute Gasteiger partial charge is 0.395 e. The molecule has 1 N–H and O–H groups in total. The summed E-state index contributed by atoms with van der Waals surface area (Å²) < 4.78 is 64.9. The Bertz CT molecular complexity index is 628. The number of halogens is 3. The molecule has 0 aliphatic carbocycles. The Morgan fingerprint density at radius 2 is 2.05 bits per heavy atom. The van der Waals surface area contributed by atoms with Gasteiger partial charge in [0.1, 0.15) is 0 Å². The van der Waals surface area contributed by atoms with E-state index in [2.05, 4.69) is 0 Å². The topological polar surface area (TPSA) is 57.6 Å². The molecule has 0 aromatic heterocycles. The highest BCUT2D eigenvalue weighted by atomic mass is 32.2. The van der Waals surface area contributed by atoms with Crippen LogP contribution in [0.2, 0.25) is 0 Å². The summed E-state index contributed by atoms with van der Waals surface area (Å²) in [6, 6.07) is 2.56. The molecule has 21 heavy (non-hydrogen) atoms. The standard InChI is InChI=1S/C13H16F3NO3S/c1-9-11(13(14,15)16)5-2-6-12(9)21(19,20)17-7-3-4-10(17)8-18/h2,5-6,10,18H,3-4,7-8H2,1H3. The molecule has 0 spiro atoms. The summed E-state index contributed by atoms with van der Waals surface area (Å²) >= 11 is 0. The maximum absolute atomic E-state index is 12.9. The van der Waals surface area contributed by atoms with Gasteiger partial charge in [0.2, 0.25) is 10.0 Å². The third-order valence-electron chi connectivity index (χ3n) is 3.71. The largest absolute Gasteiger partial charge is 0.416 e. The van der Waals surface area contributed by atoms with E-state index in [1.165, 1.54) is 6.07 Å². The van der Waals surface area contributed by atoms with Crippen LogP contribution in [0, 0.1) is 6.92 Å². The van der Waals surface area contributed by atoms with Gasteiger partial charge in [-0.05, 0) is 37.5 Å². The fraction of sp³-hybridized carbons (Fsp3) is 0.538. The van der Waals surface area contributed by atoms with Gasteiger partial charge in [-0.15, -0.1) is 0 Å². The number of hydrogen-bond donors (Lipinski definition) is 1. The lowest BCUT2D eigenvalue weighted by Gasteiger charge is -2.24. The molecule has 0 saturated carbocycles. The SMILES string of the molecule is Cc1c(C(F)(F)F)cccc1S(=O)(=O)N1CCCC1CO. The second kappa shape index (κ2) is 5.58. The van der Waals surface area contributed by atoms with Crippen LogP contribution in [0.25, 0.3) is 0 Å². The first-order valence-corrected chi connectivity index (χ1v) is 7.93. The van der Waals surface area contributed by atoms with Crippen molar-refractivity contribution >= 4 is 10.0 Å². The van der Waals surface area contributed by atoms with Crippen LogP contribution in [0.3, 0.4) is 0 Å². The first-order chi connectivity index (χ1) is 9.69. The average molecular weight is 323 g/mol. The minimum absolute atomic E-state index is 0.212. The molecule has 118 valence electrons. The molecule has 0 amide bonds. The monoisotopic (exact) mass is 323 g/mol. The Hall–Kier alpha value is -1.12. The van der Waals surface area contributed by atoms with Gasteiger partial charge in [0.15, 0.2) is 0 Å². The van der Waals surface area contributed by atoms with Crippen molar-refractivity contribution in [2.45, 2.75) is 36.9 Å². The van der Waals surface area contributed by atoms with Gasteiger partial charge in [-0.25, -0.2) is 8.42 Å². The lowest BCUT2D eigenvalue weighted by molar-refractivity contribution is -0.138. The number of aliphatic hydroxyl groups is 1. The Labute approximate surface area is 121 Å². The van der Waals surface area contributed by atoms with Crippen molar-refractivity contribution in [1.82, 2.24) is 4.31 Å². The quantitative estimate of drug-likeness (QED) is 0.927.